The highest BCUT2D eigenvalue weighted by Gasteiger charge is 2.32. The largest absolute Gasteiger partial charge is 0.493 e. The van der Waals surface area contributed by atoms with Crippen molar-refractivity contribution in [2.45, 2.75) is 18.5 Å². The predicted molar refractivity (Wildman–Crippen MR) is 99.0 cm³/mol. The molecule has 0 amide bonds. The van der Waals surface area contributed by atoms with Crippen molar-refractivity contribution in [1.29, 1.82) is 0 Å². The van der Waals surface area contributed by atoms with E-state index in [0.717, 1.165) is 29.0 Å². The number of aromatic nitrogens is 4. The zero-order chi connectivity index (χ0) is 19.1. The Morgan fingerprint density at radius 2 is 1.82 bits per heavy atom. The Labute approximate surface area is 161 Å². The summed E-state index contributed by atoms with van der Waals surface area (Å²) in [6.45, 7) is 0.245. The maximum Gasteiger partial charge on any atom is 0.243 e. The monoisotopic (exact) mass is 381 g/mol. The molecule has 5 rings (SSSR count). The number of nitrogens with one attached hydrogen (secondary N) is 1. The van der Waals surface area contributed by atoms with E-state index in [9.17, 15) is 0 Å². The number of anilines is 1. The normalized spacial score (nSPS) is 19.6. The number of fused-ring (bicyclic) bond motifs is 2. The minimum Gasteiger partial charge on any atom is -0.493 e. The Hall–Kier alpha value is -3.49. The van der Waals surface area contributed by atoms with Crippen molar-refractivity contribution in [2.24, 2.45) is 0 Å². The molecule has 2 aliphatic heterocycles. The molecule has 2 aliphatic rings. The van der Waals surface area contributed by atoms with Crippen LogP contribution < -0.4 is 24.3 Å². The molecule has 0 saturated heterocycles. The molecule has 0 aliphatic carbocycles. The molecule has 144 valence electrons. The van der Waals surface area contributed by atoms with Crippen LogP contribution in [0.3, 0.4) is 0 Å². The summed E-state index contributed by atoms with van der Waals surface area (Å²) < 4.78 is 23.6. The van der Waals surface area contributed by atoms with Crippen LogP contribution in [0.1, 0.15) is 29.6 Å². The van der Waals surface area contributed by atoms with Crippen molar-refractivity contribution in [3.63, 3.8) is 0 Å². The van der Waals surface area contributed by atoms with Gasteiger partial charge in [0.25, 0.3) is 0 Å². The first-order valence-electron chi connectivity index (χ1n) is 8.92. The summed E-state index contributed by atoms with van der Waals surface area (Å²) in [4.78, 5) is 0. The van der Waals surface area contributed by atoms with Crippen molar-refractivity contribution >= 4 is 5.95 Å². The van der Waals surface area contributed by atoms with Crippen molar-refractivity contribution in [1.82, 2.24) is 20.2 Å². The standard InChI is InChI=1S/C19H19N5O4/c1-25-15-5-3-11(7-17(15)26-2)13-9-14(24-19(20-13)21-22-23-24)12-4-6-16-18(8-12)28-10-27-16/h3-8,13-14H,9-10H2,1-2H3,(H,20,21,23). The molecule has 9 heteroatoms. The lowest BCUT2D eigenvalue weighted by molar-refractivity contribution is 0.174. The minimum absolute atomic E-state index is 0.00808. The Balaban J connectivity index is 1.52. The van der Waals surface area contributed by atoms with Crippen LogP contribution in [0.2, 0.25) is 0 Å². The molecule has 28 heavy (non-hydrogen) atoms. The molecule has 2 atom stereocenters. The van der Waals surface area contributed by atoms with Crippen LogP contribution in [0, 0.1) is 0 Å². The van der Waals surface area contributed by atoms with Gasteiger partial charge in [-0.25, -0.2) is 4.68 Å². The first-order valence-corrected chi connectivity index (χ1v) is 8.92. The van der Waals surface area contributed by atoms with Crippen LogP contribution in [0.5, 0.6) is 23.0 Å². The Morgan fingerprint density at radius 3 is 2.68 bits per heavy atom. The lowest BCUT2D eigenvalue weighted by Gasteiger charge is -2.31. The second kappa shape index (κ2) is 6.59. The first kappa shape index (κ1) is 16.7. The molecular formula is C19H19N5O4. The van der Waals surface area contributed by atoms with E-state index in [4.69, 9.17) is 18.9 Å². The maximum atomic E-state index is 5.54. The van der Waals surface area contributed by atoms with Crippen LogP contribution in [0.4, 0.5) is 5.95 Å². The summed E-state index contributed by atoms with van der Waals surface area (Å²) in [6.07, 6.45) is 0.757. The number of benzene rings is 2. The summed E-state index contributed by atoms with van der Waals surface area (Å²) in [5.74, 6) is 3.50. The Kier molecular flexibility index (Phi) is 3.92. The summed E-state index contributed by atoms with van der Waals surface area (Å²) in [5.41, 5.74) is 2.13. The van der Waals surface area contributed by atoms with Crippen LogP contribution in [0.25, 0.3) is 0 Å². The maximum absolute atomic E-state index is 5.54. The summed E-state index contributed by atoms with van der Waals surface area (Å²) in [7, 11) is 3.26. The first-order chi connectivity index (χ1) is 13.8. The van der Waals surface area contributed by atoms with E-state index >= 15 is 0 Å². The number of hydrogen-bond donors (Lipinski definition) is 1. The highest BCUT2D eigenvalue weighted by Crippen LogP contribution is 2.42. The fourth-order valence-corrected chi connectivity index (χ4v) is 3.72. The molecule has 0 radical (unpaired) electrons. The van der Waals surface area contributed by atoms with Gasteiger partial charge in [-0.3, -0.25) is 0 Å². The summed E-state index contributed by atoms with van der Waals surface area (Å²) in [5, 5.41) is 15.6. The lowest BCUT2D eigenvalue weighted by Crippen LogP contribution is -2.28. The van der Waals surface area contributed by atoms with E-state index in [0.29, 0.717) is 17.4 Å². The van der Waals surface area contributed by atoms with Crippen molar-refractivity contribution in [3.05, 3.63) is 47.5 Å². The minimum atomic E-state index is -0.0427. The Bertz CT molecular complexity index is 1020. The number of hydrogen-bond acceptors (Lipinski definition) is 8. The van der Waals surface area contributed by atoms with E-state index in [1.54, 1.807) is 18.9 Å². The van der Waals surface area contributed by atoms with Gasteiger partial charge >= 0.3 is 0 Å². The van der Waals surface area contributed by atoms with Gasteiger partial charge in [0.15, 0.2) is 23.0 Å². The van der Waals surface area contributed by atoms with Gasteiger partial charge in [-0.2, -0.15) is 0 Å². The van der Waals surface area contributed by atoms with Gasteiger partial charge in [-0.15, -0.1) is 0 Å². The molecule has 9 nitrogen and oxygen atoms in total. The smallest absolute Gasteiger partial charge is 0.243 e. The van der Waals surface area contributed by atoms with Gasteiger partial charge < -0.3 is 24.3 Å². The van der Waals surface area contributed by atoms with Crippen molar-refractivity contribution in [2.75, 3.05) is 26.3 Å². The molecule has 0 bridgehead atoms. The zero-order valence-corrected chi connectivity index (χ0v) is 15.5. The van der Waals surface area contributed by atoms with E-state index in [-0.39, 0.29) is 18.9 Å². The number of tetrazole rings is 1. The highest BCUT2D eigenvalue weighted by atomic mass is 16.7. The number of rotatable bonds is 4. The molecule has 1 aromatic heterocycles. The summed E-state index contributed by atoms with van der Waals surface area (Å²) in [6, 6.07) is 11.8. The van der Waals surface area contributed by atoms with Crippen LogP contribution >= 0.6 is 0 Å². The van der Waals surface area contributed by atoms with Gasteiger partial charge in [0.1, 0.15) is 0 Å². The topological polar surface area (TPSA) is 92.6 Å². The lowest BCUT2D eigenvalue weighted by atomic mass is 9.93. The third-order valence-corrected chi connectivity index (χ3v) is 5.14. The third-order valence-electron chi connectivity index (χ3n) is 5.14. The number of ether oxygens (including phenoxy) is 4. The second-order valence-electron chi connectivity index (χ2n) is 6.62. The molecule has 3 heterocycles. The van der Waals surface area contributed by atoms with E-state index in [2.05, 4.69) is 20.8 Å². The van der Waals surface area contributed by atoms with Crippen molar-refractivity contribution < 1.29 is 18.9 Å². The zero-order valence-electron chi connectivity index (χ0n) is 15.5. The van der Waals surface area contributed by atoms with E-state index in [1.165, 1.54) is 0 Å². The fraction of sp³-hybridized carbons (Fsp3) is 0.316. The Morgan fingerprint density at radius 1 is 1.00 bits per heavy atom. The number of nitrogens with zero attached hydrogens (tertiary/aromatic N) is 4. The molecule has 0 spiro atoms. The summed E-state index contributed by atoms with van der Waals surface area (Å²) >= 11 is 0. The van der Waals surface area contributed by atoms with Crippen molar-refractivity contribution in [3.8, 4) is 23.0 Å². The van der Waals surface area contributed by atoms with Gasteiger partial charge in [0.2, 0.25) is 12.7 Å². The predicted octanol–water partition coefficient (Wildman–Crippen LogP) is 2.57. The van der Waals surface area contributed by atoms with Gasteiger partial charge in [-0.1, -0.05) is 17.2 Å². The molecule has 0 fully saturated rings. The van der Waals surface area contributed by atoms with Crippen LogP contribution in [-0.4, -0.2) is 41.2 Å². The van der Waals surface area contributed by atoms with Gasteiger partial charge in [-0.05, 0) is 52.2 Å². The SMILES string of the molecule is COc1ccc(C2CC(c3ccc4c(c3)OCO4)n3nnnc3N2)cc1OC. The van der Waals surface area contributed by atoms with E-state index < -0.39 is 0 Å². The number of methoxy groups -OCH3 is 2. The average molecular weight is 381 g/mol. The fourth-order valence-electron chi connectivity index (χ4n) is 3.72. The average Bonchev–Trinajstić information content (AvgIpc) is 3.40. The molecule has 0 saturated carbocycles. The van der Waals surface area contributed by atoms with Gasteiger partial charge in [0.05, 0.1) is 26.3 Å². The molecule has 3 aromatic rings. The third kappa shape index (κ3) is 2.67. The highest BCUT2D eigenvalue weighted by molar-refractivity contribution is 5.48. The molecular weight excluding hydrogens is 362 g/mol. The van der Waals surface area contributed by atoms with Gasteiger partial charge in [0, 0.05) is 0 Å². The molecule has 1 N–H and O–H groups in total. The van der Waals surface area contributed by atoms with Crippen LogP contribution in [-0.2, 0) is 0 Å². The second-order valence-corrected chi connectivity index (χ2v) is 6.62. The van der Waals surface area contributed by atoms with E-state index in [1.807, 2.05) is 36.4 Å². The molecule has 2 aromatic carbocycles. The van der Waals surface area contributed by atoms with Crippen LogP contribution in [0.15, 0.2) is 36.4 Å². The quantitative estimate of drug-likeness (QED) is 0.737. The molecule has 2 unspecified atom stereocenters.